The number of aromatic carboxylic acids is 2. The van der Waals surface area contributed by atoms with Crippen LogP contribution in [0.3, 0.4) is 0 Å². The molecule has 42 heteroatoms. The van der Waals surface area contributed by atoms with Gasteiger partial charge >= 0.3 is 53.4 Å². The van der Waals surface area contributed by atoms with Gasteiger partial charge in [-0.2, -0.15) is 0 Å². The third kappa shape index (κ3) is 29.5. The second-order valence-corrected chi connectivity index (χ2v) is 25.1. The van der Waals surface area contributed by atoms with E-state index < -0.39 is 47.5 Å². The molecule has 638 valence electrons. The van der Waals surface area contributed by atoms with Crippen LogP contribution in [-0.4, -0.2) is 176 Å². The molecule has 0 aliphatic carbocycles. The van der Waals surface area contributed by atoms with Gasteiger partial charge in [-0.15, -0.1) is 40.8 Å². The zero-order chi connectivity index (χ0) is 88.8. The first-order valence-electron chi connectivity index (χ1n) is 36.6. The number of ether oxygens (including phenoxy) is 2. The number of aromatic nitrogens is 12. The quantitative estimate of drug-likeness (QED) is 0.00672. The zero-order valence-electron chi connectivity index (χ0n) is 69.1. The first-order valence-corrected chi connectivity index (χ1v) is 37.0. The Morgan fingerprint density at radius 3 is 0.895 bits per heavy atom. The number of esters is 2. The number of carbonyl (C=O) groups excluding carboxylic acids is 6. The summed E-state index contributed by atoms with van der Waals surface area (Å²) in [6.45, 7) is 12.5. The minimum Gasteiger partial charge on any atom is -0.870 e. The van der Waals surface area contributed by atoms with Gasteiger partial charge in [-0.25, -0.2) is 39.1 Å². The second kappa shape index (κ2) is 50.4. The van der Waals surface area contributed by atoms with Crippen LogP contribution in [0.1, 0.15) is 126 Å². The van der Waals surface area contributed by atoms with Gasteiger partial charge in [0.15, 0.2) is 45.4 Å². The first-order chi connectivity index (χ1) is 58.6. The summed E-state index contributed by atoms with van der Waals surface area (Å²) in [6.07, 6.45) is 6.58. The molecule has 0 aliphatic rings. The maximum Gasteiger partial charge on any atom is 1.00 e. The molecule has 124 heavy (non-hydrogen) atoms. The van der Waals surface area contributed by atoms with Crippen molar-refractivity contribution < 1.29 is 98.3 Å². The summed E-state index contributed by atoms with van der Waals surface area (Å²) in [5.74, 6) is -0.878. The Morgan fingerprint density at radius 2 is 0.653 bits per heavy atom. The summed E-state index contributed by atoms with van der Waals surface area (Å²) in [4.78, 5) is 112. The smallest absolute Gasteiger partial charge is 0.870 e. The van der Waals surface area contributed by atoms with E-state index in [4.69, 9.17) is 37.7 Å². The van der Waals surface area contributed by atoms with Crippen LogP contribution in [-0.2, 0) is 9.47 Å². The number of amides is 4. The van der Waals surface area contributed by atoms with Crippen LogP contribution in [0, 0.1) is 27.7 Å². The predicted molar refractivity (Wildman–Crippen MR) is 463 cm³/mol. The number of oxime groups is 1. The predicted octanol–water partition coefficient (Wildman–Crippen LogP) is 8.62. The summed E-state index contributed by atoms with van der Waals surface area (Å²) in [6, 6.07) is 48.1. The van der Waals surface area contributed by atoms with Gasteiger partial charge in [0.2, 0.25) is 0 Å². The maximum atomic E-state index is 12.3. The molecule has 0 unspecified atom stereocenters. The molecule has 0 radical (unpaired) electrons. The number of nitrogens with one attached hydrogen (secondary N) is 11. The van der Waals surface area contributed by atoms with Gasteiger partial charge in [0.25, 0.3) is 23.6 Å². The molecule has 8 aromatic heterocycles. The van der Waals surface area contributed by atoms with Gasteiger partial charge in [0, 0.05) is 100.0 Å². The third-order valence-corrected chi connectivity index (χ3v) is 16.6. The van der Waals surface area contributed by atoms with Crippen molar-refractivity contribution >= 4 is 151 Å². The minimum absolute atomic E-state index is 0. The molecule has 0 spiro atoms. The van der Waals surface area contributed by atoms with Crippen molar-refractivity contribution in [3.05, 3.63) is 267 Å². The number of benzene rings is 4. The molecule has 0 atom stereocenters. The standard InChI is InChI=1S/C21H22N6O3.2C19H18N6O3.C16H17ClN4O3.C5H6N2.C2H6N2O.Na.H2O/c1-4-30-21(29)14-8-7-9-15(13(14)2)24-16-12-18(25-17-10-5-6-11-23-17)26-27-19(16)20(28)22-3;2*1-11-12(19(27)28)6-5-7-13(11)22-14-10-16(23-15-8-3-4-9-21-15)24-25-17(14)18(26)20-2;1-4-24-16(23)10-6-5-7-11(9(10)2)19-12-8-13(17)20-21-14(12)15(22)18-3;6-5-3-1-2-4-7-5;1-2(3)4-5;;/h5-12H,4H2,1-3H3,(H,22,28)(H2,23,24,25,26);2*3-10H,1-2H3,(H,20,26)(H,27,28)(H2,21,22,23,24);5-8H,4H2,1-3H3,(H,18,22)(H,19,20);1-4H,(H2,6,7);5H,1H3,(H2,3,4);;1H2/q;;;;;;+1;/p-1. The average molecular weight is 1720 g/mol. The molecule has 12 rings (SSSR count). The number of nitrogens with two attached hydrogens (primary N) is 2. The van der Waals surface area contributed by atoms with Crippen molar-refractivity contribution in [1.82, 2.24) is 82.0 Å². The number of anilines is 15. The number of rotatable bonds is 24. The van der Waals surface area contributed by atoms with Crippen molar-refractivity contribution in [3.8, 4) is 0 Å². The molecule has 0 aliphatic heterocycles. The van der Waals surface area contributed by atoms with Crippen molar-refractivity contribution in [2.24, 2.45) is 10.9 Å². The molecule has 0 saturated heterocycles. The van der Waals surface area contributed by atoms with Crippen LogP contribution in [0.25, 0.3) is 0 Å². The molecule has 12 aromatic rings. The van der Waals surface area contributed by atoms with Crippen LogP contribution in [0.4, 0.5) is 86.2 Å². The Kier molecular flexibility index (Phi) is 40.3. The largest absolute Gasteiger partial charge is 1.00 e. The molecular weight excluding hydrogens is 1630 g/mol. The summed E-state index contributed by atoms with van der Waals surface area (Å²) in [7, 11) is 5.99. The fourth-order valence-corrected chi connectivity index (χ4v) is 10.5. The van der Waals surface area contributed by atoms with Crippen LogP contribution < -0.4 is 99.5 Å². The van der Waals surface area contributed by atoms with Gasteiger partial charge in [-0.3, -0.25) is 19.2 Å². The number of halogens is 1. The number of amidine groups is 1. The van der Waals surface area contributed by atoms with E-state index in [0.29, 0.717) is 126 Å². The van der Waals surface area contributed by atoms with Crippen molar-refractivity contribution in [1.29, 1.82) is 0 Å². The fourth-order valence-electron chi connectivity index (χ4n) is 10.3. The molecule has 40 nitrogen and oxygen atoms in total. The molecule has 19 N–H and O–H groups in total. The third-order valence-electron chi connectivity index (χ3n) is 16.4. The Bertz CT molecular complexity index is 5500. The summed E-state index contributed by atoms with van der Waals surface area (Å²) in [5.41, 5.74) is 18.0. The van der Waals surface area contributed by atoms with E-state index in [2.05, 4.69) is 124 Å². The number of pyridine rings is 4. The number of hydrogen-bond donors (Lipinski definition) is 16. The van der Waals surface area contributed by atoms with Crippen LogP contribution >= 0.6 is 11.6 Å². The van der Waals surface area contributed by atoms with E-state index in [-0.39, 0.29) is 86.5 Å². The first kappa shape index (κ1) is 99.0. The Labute approximate surface area is 737 Å². The number of nitrogens with zero attached hydrogens (tertiary/aromatic N) is 13. The van der Waals surface area contributed by atoms with Crippen molar-refractivity contribution in [2.75, 3.05) is 84.4 Å². The Morgan fingerprint density at radius 1 is 0.379 bits per heavy atom. The monoisotopic (exact) mass is 1720 g/mol. The van der Waals surface area contributed by atoms with E-state index in [1.165, 1.54) is 53.3 Å². The van der Waals surface area contributed by atoms with Gasteiger partial charge in [0.05, 0.1) is 58.2 Å². The molecule has 0 saturated carbocycles. The van der Waals surface area contributed by atoms with Gasteiger partial charge in [-0.05, 0) is 168 Å². The number of carboxylic acids is 2. The van der Waals surface area contributed by atoms with Gasteiger partial charge < -0.3 is 100 Å². The zero-order valence-corrected chi connectivity index (χ0v) is 71.9. The summed E-state index contributed by atoms with van der Waals surface area (Å²) < 4.78 is 10.1. The maximum absolute atomic E-state index is 12.3. The summed E-state index contributed by atoms with van der Waals surface area (Å²) >= 11 is 5.87. The normalized spacial score (nSPS) is 10.0. The molecule has 4 amide bonds. The number of carboxylic acid groups (broad SMARTS) is 2. The van der Waals surface area contributed by atoms with E-state index in [9.17, 15) is 48.6 Å². The Balaban J connectivity index is 0.000000279. The number of hydrogen-bond acceptors (Lipinski definition) is 33. The van der Waals surface area contributed by atoms with Crippen molar-refractivity contribution in [2.45, 2.75) is 48.5 Å². The van der Waals surface area contributed by atoms with Crippen molar-refractivity contribution in [3.63, 3.8) is 0 Å². The summed E-state index contributed by atoms with van der Waals surface area (Å²) in [5, 5.41) is 92.2. The van der Waals surface area contributed by atoms with Gasteiger partial charge in [0.1, 0.15) is 29.1 Å². The van der Waals surface area contributed by atoms with E-state index in [1.54, 1.807) is 188 Å². The molecular formula is C82H88ClN26NaO14. The fraction of sp³-hybridized carbons (Fsp3) is 0.159. The molecule has 8 heterocycles. The average Bonchev–Trinajstić information content (AvgIpc) is 0.836. The van der Waals surface area contributed by atoms with E-state index in [0.717, 1.165) is 0 Å². The number of carbonyl (C=O) groups is 8. The minimum atomic E-state index is -1.03. The molecule has 0 fully saturated rings. The molecule has 4 aromatic carbocycles. The van der Waals surface area contributed by atoms with Crippen LogP contribution in [0.5, 0.6) is 0 Å². The number of nitrogen functional groups attached to an aromatic ring is 1. The molecule has 0 bridgehead atoms. The van der Waals surface area contributed by atoms with Crippen LogP contribution in [0.15, 0.2) is 200 Å². The topological polar surface area (TPSA) is 597 Å². The SMILES string of the molecule is C/C(N)=N/O.CCOC(=O)c1cccc(Nc2cc(Cl)nnc2C(=O)NC)c1C.CCOC(=O)c1cccc(Nc2cc(Nc3ccccn3)nnc2C(=O)NC)c1C.CNC(=O)c1nnc(Nc2ccccn2)cc1Nc1cccc(C(=O)O)c1C.CNC(=O)c1nnc(Nc2ccccn2)cc1Nc1cccc(C(=O)O)c1C.Nc1ccccn1.[Na+].[OH-]. The second-order valence-electron chi connectivity index (χ2n) is 24.7. The Hall–Kier alpha value is -15.5. The van der Waals surface area contributed by atoms with Gasteiger partial charge in [-0.1, -0.05) is 65.3 Å². The van der Waals surface area contributed by atoms with E-state index in [1.807, 2.05) is 30.3 Å². The van der Waals surface area contributed by atoms with Crippen LogP contribution in [0.2, 0.25) is 5.15 Å². The van der Waals surface area contributed by atoms with E-state index >= 15 is 0 Å².